The standard InChI is InChI=1S/C34H67N5O11.4C2HF3O2/c1-2-3-4-5-6-7-8-9-10-11-12-13-14-15-23(40)39-18-22-25(41)24(38)27(43)33(48-22)49-31-19(36)16-20(37)32(30(31)46)50-34-29(45)28(44)26(42)21(17-35)47-34;4*3-2(4,5)1(6)7/h19-22,24-34,41-46H,2-18,35-38H2,1H3,(H,39,40);4*(H,6,7)/t19-,20+,21+,22+,24-,25+,26+,27+,28-,29+,30-,31+,32-,33+,34?;;;;/m0..../s1. The van der Waals surface area contributed by atoms with Gasteiger partial charge in [0, 0.05) is 31.6 Å². The van der Waals surface area contributed by atoms with Crippen molar-refractivity contribution in [2.24, 2.45) is 22.9 Å². The number of rotatable bonds is 21. The molecule has 1 saturated carbocycles. The molecule has 0 bridgehead atoms. The monoisotopic (exact) mass is 1180 g/mol. The van der Waals surface area contributed by atoms with Gasteiger partial charge in [0.15, 0.2) is 12.6 Å². The van der Waals surface area contributed by atoms with Crippen LogP contribution in [0.15, 0.2) is 0 Å². The number of aliphatic hydroxyl groups excluding tert-OH is 6. The number of halogens is 12. The van der Waals surface area contributed by atoms with Crippen molar-refractivity contribution in [3.63, 3.8) is 0 Å². The fraction of sp³-hybridized carbons (Fsp3) is 0.881. The van der Waals surface area contributed by atoms with Crippen LogP contribution < -0.4 is 28.3 Å². The molecule has 19 N–H and O–H groups in total. The third-order valence-corrected chi connectivity index (χ3v) is 11.3. The van der Waals surface area contributed by atoms with Gasteiger partial charge in [0.1, 0.15) is 54.9 Å². The van der Waals surface area contributed by atoms with Crippen LogP contribution in [0, 0.1) is 0 Å². The first kappa shape index (κ1) is 76.0. The number of carbonyl (C=O) groups is 5. The lowest BCUT2D eigenvalue weighted by atomic mass is 9.84. The molecule has 78 heavy (non-hydrogen) atoms. The van der Waals surface area contributed by atoms with E-state index in [9.17, 15) is 88.1 Å². The molecule has 24 nitrogen and oxygen atoms in total. The molecule has 1 aliphatic carbocycles. The fourth-order valence-electron chi connectivity index (χ4n) is 7.02. The smallest absolute Gasteiger partial charge is 0.475 e. The first-order valence-electron chi connectivity index (χ1n) is 23.8. The van der Waals surface area contributed by atoms with Crippen LogP contribution in [0.3, 0.4) is 0 Å². The average Bonchev–Trinajstić information content (AvgIpc) is 3.32. The molecule has 3 aliphatic rings. The average molecular weight is 1180 g/mol. The largest absolute Gasteiger partial charge is 0.490 e. The van der Waals surface area contributed by atoms with Crippen LogP contribution in [0.25, 0.3) is 0 Å². The van der Waals surface area contributed by atoms with Crippen molar-refractivity contribution in [2.45, 2.75) is 220 Å². The van der Waals surface area contributed by atoms with Gasteiger partial charge in [-0.2, -0.15) is 52.7 Å². The molecule has 1 unspecified atom stereocenters. The van der Waals surface area contributed by atoms with Crippen molar-refractivity contribution in [3.8, 4) is 0 Å². The van der Waals surface area contributed by atoms with Gasteiger partial charge in [-0.3, -0.25) is 4.79 Å². The molecule has 3 fully saturated rings. The fourth-order valence-corrected chi connectivity index (χ4v) is 7.02. The van der Waals surface area contributed by atoms with E-state index in [4.69, 9.17) is 81.5 Å². The maximum Gasteiger partial charge on any atom is 0.490 e. The Morgan fingerprint density at radius 3 is 1.14 bits per heavy atom. The quantitative estimate of drug-likeness (QED) is 0.0559. The highest BCUT2D eigenvalue weighted by molar-refractivity contribution is 5.76. The Morgan fingerprint density at radius 1 is 0.487 bits per heavy atom. The molecular weight excluding hydrogens is 1110 g/mol. The highest BCUT2D eigenvalue weighted by Crippen LogP contribution is 2.31. The Balaban J connectivity index is 0. The number of hydrogen-bond donors (Lipinski definition) is 15. The molecular formula is C42H71F12N5O19. The zero-order valence-corrected chi connectivity index (χ0v) is 41.7. The van der Waals surface area contributed by atoms with E-state index in [0.717, 1.165) is 25.7 Å². The van der Waals surface area contributed by atoms with E-state index in [2.05, 4.69) is 12.2 Å². The van der Waals surface area contributed by atoms with E-state index in [1.165, 1.54) is 57.8 Å². The Morgan fingerprint density at radius 2 is 0.808 bits per heavy atom. The number of ether oxygens (including phenoxy) is 4. The van der Waals surface area contributed by atoms with E-state index < -0.39 is 140 Å². The number of amides is 1. The predicted octanol–water partition coefficient (Wildman–Crippen LogP) is 0.847. The second-order valence-electron chi connectivity index (χ2n) is 17.6. The van der Waals surface area contributed by atoms with Gasteiger partial charge >= 0.3 is 48.6 Å². The molecule has 1 amide bonds. The number of carboxylic acids is 4. The number of carboxylic acid groups (broad SMARTS) is 4. The number of carbonyl (C=O) groups excluding carboxylic acids is 1. The van der Waals surface area contributed by atoms with Crippen LogP contribution in [-0.2, 0) is 42.9 Å². The molecule has 2 aliphatic heterocycles. The summed E-state index contributed by atoms with van der Waals surface area (Å²) in [4.78, 5) is 48.1. The number of aliphatic carboxylic acids is 4. The summed E-state index contributed by atoms with van der Waals surface area (Å²) in [5, 5.41) is 94.8. The van der Waals surface area contributed by atoms with Crippen LogP contribution in [0.5, 0.6) is 0 Å². The minimum absolute atomic E-state index is 0.0802. The highest BCUT2D eigenvalue weighted by atomic mass is 19.4. The Bertz CT molecular complexity index is 1650. The summed E-state index contributed by atoms with van der Waals surface area (Å²) in [5.74, 6) is -11.2. The minimum Gasteiger partial charge on any atom is -0.475 e. The van der Waals surface area contributed by atoms with Gasteiger partial charge in [-0.05, 0) is 12.8 Å². The van der Waals surface area contributed by atoms with Crippen LogP contribution in [0.1, 0.15) is 103 Å². The number of nitrogens with one attached hydrogen (secondary N) is 1. The Hall–Kier alpha value is -4.05. The number of hydrogen-bond acceptors (Lipinski definition) is 19. The molecule has 0 aromatic rings. The lowest BCUT2D eigenvalue weighted by molar-refractivity contribution is -0.330. The third kappa shape index (κ3) is 30.0. The number of unbranched alkanes of at least 4 members (excludes halogenated alkanes) is 12. The number of nitrogens with two attached hydrogens (primary N) is 4. The normalized spacial score (nSPS) is 29.3. The first-order chi connectivity index (χ1) is 35.7. The van der Waals surface area contributed by atoms with Gasteiger partial charge < -0.3 is 98.3 Å². The maximum atomic E-state index is 12.6. The third-order valence-electron chi connectivity index (χ3n) is 11.3. The van der Waals surface area contributed by atoms with Gasteiger partial charge in [0.2, 0.25) is 5.91 Å². The van der Waals surface area contributed by atoms with Gasteiger partial charge in [-0.1, -0.05) is 84.0 Å². The van der Waals surface area contributed by atoms with E-state index in [-0.39, 0.29) is 25.4 Å². The summed E-state index contributed by atoms with van der Waals surface area (Å²) in [6.45, 7) is 1.98. The summed E-state index contributed by atoms with van der Waals surface area (Å²) < 4.78 is 150. The van der Waals surface area contributed by atoms with E-state index in [1.807, 2.05) is 0 Å². The van der Waals surface area contributed by atoms with Crippen molar-refractivity contribution < 1.29 is 147 Å². The molecule has 2 heterocycles. The Labute approximate surface area is 437 Å². The van der Waals surface area contributed by atoms with Crippen LogP contribution in [0.4, 0.5) is 52.7 Å². The minimum atomic E-state index is -5.08. The van der Waals surface area contributed by atoms with E-state index in [1.54, 1.807) is 0 Å². The molecule has 3 rings (SSSR count). The molecule has 0 aromatic carbocycles. The first-order valence-corrected chi connectivity index (χ1v) is 23.8. The van der Waals surface area contributed by atoms with E-state index in [0.29, 0.717) is 6.42 Å². The van der Waals surface area contributed by atoms with Crippen LogP contribution in [0.2, 0.25) is 0 Å². The summed E-state index contributed by atoms with van der Waals surface area (Å²) in [6, 6.07) is -2.90. The molecule has 462 valence electrons. The van der Waals surface area contributed by atoms with Gasteiger partial charge in [-0.15, -0.1) is 0 Å². The van der Waals surface area contributed by atoms with Crippen molar-refractivity contribution in [2.75, 3.05) is 13.1 Å². The second-order valence-corrected chi connectivity index (χ2v) is 17.6. The number of alkyl halides is 12. The SMILES string of the molecule is CCCCCCCCCCCCCCCC(=O)NC[C@H]1O[C@H](O[C@H]2[C@H](O)[C@@H](OC3O[C@H](CN)[C@@H](O)[C@H](O)[C@H]3O)[C@H](N)C[C@@H]2N)[C@H](O)[C@@H](N)[C@@H]1O.O=C(O)C(F)(F)F.O=C(O)C(F)(F)F.O=C(O)C(F)(F)F.O=C(O)C(F)(F)F. The Kier molecular flexibility index (Phi) is 35.4. The molecule has 0 radical (unpaired) electrons. The summed E-state index contributed by atoms with van der Waals surface area (Å²) in [6.07, 6.45) is -20.8. The molecule has 2 saturated heterocycles. The van der Waals surface area contributed by atoms with Gasteiger partial charge in [-0.25, -0.2) is 19.2 Å². The number of aliphatic hydroxyl groups is 6. The topological polar surface area (TPSA) is 441 Å². The zero-order chi connectivity index (χ0) is 61.1. The highest BCUT2D eigenvalue weighted by Gasteiger charge is 2.52. The summed E-state index contributed by atoms with van der Waals surface area (Å²) in [5.41, 5.74) is 24.2. The molecule has 0 spiro atoms. The lowest BCUT2D eigenvalue weighted by Gasteiger charge is -2.48. The van der Waals surface area contributed by atoms with Crippen molar-refractivity contribution in [1.82, 2.24) is 5.32 Å². The zero-order valence-electron chi connectivity index (χ0n) is 41.7. The van der Waals surface area contributed by atoms with Crippen LogP contribution in [-0.4, -0.2) is 210 Å². The summed E-state index contributed by atoms with van der Waals surface area (Å²) >= 11 is 0. The predicted molar refractivity (Wildman–Crippen MR) is 239 cm³/mol. The second kappa shape index (κ2) is 36.3. The van der Waals surface area contributed by atoms with Crippen molar-refractivity contribution in [3.05, 3.63) is 0 Å². The maximum absolute atomic E-state index is 12.6. The van der Waals surface area contributed by atoms with Gasteiger partial charge in [0.25, 0.3) is 0 Å². The molecule has 15 atom stereocenters. The van der Waals surface area contributed by atoms with E-state index >= 15 is 0 Å². The van der Waals surface area contributed by atoms with Crippen molar-refractivity contribution in [1.29, 1.82) is 0 Å². The molecule has 0 aromatic heterocycles. The van der Waals surface area contributed by atoms with Crippen LogP contribution >= 0.6 is 0 Å². The lowest BCUT2D eigenvalue weighted by Crippen LogP contribution is -2.68. The summed E-state index contributed by atoms with van der Waals surface area (Å²) in [7, 11) is 0. The van der Waals surface area contributed by atoms with Gasteiger partial charge in [0.05, 0.1) is 12.1 Å². The van der Waals surface area contributed by atoms with Crippen molar-refractivity contribution >= 4 is 29.8 Å². The molecule has 36 heteroatoms.